The monoisotopic (exact) mass is 449 g/mol. The number of nitrogens with zero attached hydrogens (tertiary/aromatic N) is 2. The Balaban J connectivity index is 1.43. The zero-order valence-corrected chi connectivity index (χ0v) is 19.5. The molecule has 1 N–H and O–H groups in total. The van der Waals surface area contributed by atoms with Crippen molar-refractivity contribution in [3.63, 3.8) is 0 Å². The summed E-state index contributed by atoms with van der Waals surface area (Å²) in [5.74, 6) is 1.67. The van der Waals surface area contributed by atoms with Gasteiger partial charge in [-0.15, -0.1) is 0 Å². The second kappa shape index (κ2) is 10.5. The molecule has 0 aliphatic carbocycles. The Bertz CT molecular complexity index is 1050. The van der Waals surface area contributed by atoms with Crippen LogP contribution in [0, 0.1) is 13.8 Å². The first-order valence-corrected chi connectivity index (χ1v) is 11.4. The highest BCUT2D eigenvalue weighted by Crippen LogP contribution is 2.30. The molecule has 1 amide bonds. The van der Waals surface area contributed by atoms with Crippen LogP contribution in [0.25, 0.3) is 0 Å². The molecular formula is C26H31N3O4. The van der Waals surface area contributed by atoms with Gasteiger partial charge in [-0.25, -0.2) is 0 Å². The van der Waals surface area contributed by atoms with Crippen LogP contribution in [0.1, 0.15) is 51.8 Å². The van der Waals surface area contributed by atoms with Crippen LogP contribution < -0.4 is 14.8 Å². The maximum absolute atomic E-state index is 13.0. The van der Waals surface area contributed by atoms with Crippen molar-refractivity contribution in [2.75, 3.05) is 26.7 Å². The SMILES string of the molecule is COc1cc(C(=O)NCC(c2ccccc2)N2CCCC2)ccc1OCc1c(C)noc1C. The summed E-state index contributed by atoms with van der Waals surface area (Å²) in [5.41, 5.74) is 3.46. The van der Waals surface area contributed by atoms with Gasteiger partial charge in [0.25, 0.3) is 5.91 Å². The smallest absolute Gasteiger partial charge is 0.251 e. The molecule has 0 saturated carbocycles. The van der Waals surface area contributed by atoms with Crippen LogP contribution in [-0.2, 0) is 6.61 Å². The van der Waals surface area contributed by atoms with Crippen LogP contribution in [0.2, 0.25) is 0 Å². The van der Waals surface area contributed by atoms with Crippen LogP contribution in [0.15, 0.2) is 53.1 Å². The molecule has 0 radical (unpaired) electrons. The molecule has 1 unspecified atom stereocenters. The van der Waals surface area contributed by atoms with Gasteiger partial charge in [0.2, 0.25) is 0 Å². The van der Waals surface area contributed by atoms with E-state index in [2.05, 4.69) is 27.5 Å². The first-order chi connectivity index (χ1) is 16.1. The molecule has 3 aromatic rings. The standard InChI is InChI=1S/C26H31N3O4/c1-18-22(19(2)33-28-18)17-32-24-12-11-21(15-25(24)31-3)26(30)27-16-23(29-13-7-8-14-29)20-9-5-4-6-10-20/h4-6,9-12,15,23H,7-8,13-14,16-17H2,1-3H3,(H,27,30). The van der Waals surface area contributed by atoms with Gasteiger partial charge in [-0.05, 0) is 63.5 Å². The lowest BCUT2D eigenvalue weighted by atomic mass is 10.1. The van der Waals surface area contributed by atoms with Crippen LogP contribution in [0.3, 0.4) is 0 Å². The lowest BCUT2D eigenvalue weighted by Crippen LogP contribution is -2.36. The van der Waals surface area contributed by atoms with Gasteiger partial charge in [0.05, 0.1) is 24.4 Å². The number of ether oxygens (including phenoxy) is 2. The van der Waals surface area contributed by atoms with Crippen molar-refractivity contribution >= 4 is 5.91 Å². The molecule has 1 aliphatic rings. The Morgan fingerprint density at radius 1 is 1.12 bits per heavy atom. The summed E-state index contributed by atoms with van der Waals surface area (Å²) in [5, 5.41) is 7.07. The van der Waals surface area contributed by atoms with Gasteiger partial charge < -0.3 is 19.3 Å². The molecule has 0 spiro atoms. The topological polar surface area (TPSA) is 76.8 Å². The van der Waals surface area contributed by atoms with Gasteiger partial charge in [-0.2, -0.15) is 0 Å². The highest BCUT2D eigenvalue weighted by molar-refractivity contribution is 5.94. The summed E-state index contributed by atoms with van der Waals surface area (Å²) < 4.78 is 16.6. The third-order valence-electron chi connectivity index (χ3n) is 6.20. The quantitative estimate of drug-likeness (QED) is 0.520. The van der Waals surface area contributed by atoms with Gasteiger partial charge in [0.1, 0.15) is 12.4 Å². The molecule has 1 aliphatic heterocycles. The van der Waals surface area contributed by atoms with E-state index in [1.165, 1.54) is 18.4 Å². The van der Waals surface area contributed by atoms with Gasteiger partial charge in [0, 0.05) is 12.1 Å². The van der Waals surface area contributed by atoms with Gasteiger partial charge in [-0.1, -0.05) is 35.5 Å². The minimum atomic E-state index is -0.134. The summed E-state index contributed by atoms with van der Waals surface area (Å²) in [6, 6.07) is 15.8. The van der Waals surface area contributed by atoms with Gasteiger partial charge in [-0.3, -0.25) is 9.69 Å². The Morgan fingerprint density at radius 3 is 2.55 bits per heavy atom. The van der Waals surface area contributed by atoms with Gasteiger partial charge in [0.15, 0.2) is 11.5 Å². The van der Waals surface area contributed by atoms with Crippen LogP contribution in [0.4, 0.5) is 0 Å². The van der Waals surface area contributed by atoms with E-state index in [9.17, 15) is 4.79 Å². The Hall–Kier alpha value is -3.32. The minimum absolute atomic E-state index is 0.134. The summed E-state index contributed by atoms with van der Waals surface area (Å²) in [4.78, 5) is 15.4. The van der Waals surface area contributed by atoms with E-state index in [4.69, 9.17) is 14.0 Å². The average molecular weight is 450 g/mol. The van der Waals surface area contributed by atoms with Crippen LogP contribution in [-0.4, -0.2) is 42.7 Å². The third kappa shape index (κ3) is 5.37. The fourth-order valence-corrected chi connectivity index (χ4v) is 4.26. The molecule has 4 rings (SSSR count). The van der Waals surface area contributed by atoms with Crippen molar-refractivity contribution in [1.82, 2.24) is 15.4 Å². The number of carbonyl (C=O) groups is 1. The summed E-state index contributed by atoms with van der Waals surface area (Å²) >= 11 is 0. The molecule has 1 fully saturated rings. The second-order valence-corrected chi connectivity index (χ2v) is 8.34. The summed E-state index contributed by atoms with van der Waals surface area (Å²) in [6.45, 7) is 6.72. The number of aryl methyl sites for hydroxylation is 2. The molecule has 2 aromatic carbocycles. The number of aromatic nitrogens is 1. The number of methoxy groups -OCH3 is 1. The average Bonchev–Trinajstić information content (AvgIpc) is 3.48. The molecule has 2 heterocycles. The highest BCUT2D eigenvalue weighted by atomic mass is 16.5. The summed E-state index contributed by atoms with van der Waals surface area (Å²) in [6.07, 6.45) is 2.40. The van der Waals surface area contributed by atoms with Crippen molar-refractivity contribution in [3.05, 3.63) is 76.7 Å². The zero-order valence-electron chi connectivity index (χ0n) is 19.5. The molecule has 7 heteroatoms. The van der Waals surface area contributed by atoms with Crippen molar-refractivity contribution in [2.45, 2.75) is 39.3 Å². The van der Waals surface area contributed by atoms with Gasteiger partial charge >= 0.3 is 0 Å². The van der Waals surface area contributed by atoms with E-state index in [0.717, 1.165) is 30.1 Å². The van der Waals surface area contributed by atoms with Crippen LogP contribution >= 0.6 is 0 Å². The number of hydrogen-bond donors (Lipinski definition) is 1. The highest BCUT2D eigenvalue weighted by Gasteiger charge is 2.24. The van der Waals surface area contributed by atoms with Crippen molar-refractivity contribution in [2.24, 2.45) is 0 Å². The molecule has 0 bridgehead atoms. The predicted octanol–water partition coefficient (Wildman–Crippen LogP) is 4.45. The number of benzene rings is 2. The number of nitrogens with one attached hydrogen (secondary N) is 1. The summed E-state index contributed by atoms with van der Waals surface area (Å²) in [7, 11) is 1.57. The first-order valence-electron chi connectivity index (χ1n) is 11.4. The lowest BCUT2D eigenvalue weighted by molar-refractivity contribution is 0.0937. The van der Waals surface area contributed by atoms with E-state index in [1.807, 2.05) is 32.0 Å². The number of hydrogen-bond acceptors (Lipinski definition) is 6. The fourth-order valence-electron chi connectivity index (χ4n) is 4.26. The van der Waals surface area contributed by atoms with Crippen molar-refractivity contribution in [1.29, 1.82) is 0 Å². The largest absolute Gasteiger partial charge is 0.493 e. The van der Waals surface area contributed by atoms with Crippen LogP contribution in [0.5, 0.6) is 11.5 Å². The molecule has 7 nitrogen and oxygen atoms in total. The Morgan fingerprint density at radius 2 is 1.88 bits per heavy atom. The Labute approximate surface area is 194 Å². The number of carbonyl (C=O) groups excluding carboxylic acids is 1. The van der Waals surface area contributed by atoms with E-state index in [1.54, 1.807) is 25.3 Å². The van der Waals surface area contributed by atoms with E-state index in [-0.39, 0.29) is 11.9 Å². The molecule has 174 valence electrons. The first kappa shape index (κ1) is 22.9. The maximum atomic E-state index is 13.0. The molecular weight excluding hydrogens is 418 g/mol. The fraction of sp³-hybridized carbons (Fsp3) is 0.385. The number of likely N-dealkylation sites (tertiary alicyclic amines) is 1. The van der Waals surface area contributed by atoms with E-state index >= 15 is 0 Å². The second-order valence-electron chi connectivity index (χ2n) is 8.34. The predicted molar refractivity (Wildman–Crippen MR) is 126 cm³/mol. The third-order valence-corrected chi connectivity index (χ3v) is 6.20. The maximum Gasteiger partial charge on any atom is 0.251 e. The van der Waals surface area contributed by atoms with Crippen molar-refractivity contribution < 1.29 is 18.8 Å². The lowest BCUT2D eigenvalue weighted by Gasteiger charge is -2.28. The molecule has 1 saturated heterocycles. The molecule has 1 aromatic heterocycles. The normalized spacial score (nSPS) is 14.8. The van der Waals surface area contributed by atoms with E-state index in [0.29, 0.717) is 30.2 Å². The number of amides is 1. The molecule has 33 heavy (non-hydrogen) atoms. The zero-order chi connectivity index (χ0) is 23.2. The molecule has 1 atom stereocenters. The Kier molecular flexibility index (Phi) is 7.29. The van der Waals surface area contributed by atoms with E-state index < -0.39 is 0 Å². The van der Waals surface area contributed by atoms with Crippen molar-refractivity contribution in [3.8, 4) is 11.5 Å². The minimum Gasteiger partial charge on any atom is -0.493 e. The number of rotatable bonds is 9.